The summed E-state index contributed by atoms with van der Waals surface area (Å²) < 4.78 is 24.5. The van der Waals surface area contributed by atoms with Gasteiger partial charge in [0.1, 0.15) is 0 Å². The van der Waals surface area contributed by atoms with E-state index in [9.17, 15) is 13.2 Å². The van der Waals surface area contributed by atoms with Crippen LogP contribution in [-0.2, 0) is 21.2 Å². The fraction of sp³-hybridized carbons (Fsp3) is 0.0870. The fourth-order valence-electron chi connectivity index (χ4n) is 2.97. The van der Waals surface area contributed by atoms with Crippen LogP contribution < -0.4 is 4.90 Å². The summed E-state index contributed by atoms with van der Waals surface area (Å²) in [5.41, 5.74) is 2.42. The maximum Gasteiger partial charge on any atom is 0.253 e. The van der Waals surface area contributed by atoms with Gasteiger partial charge in [-0.25, -0.2) is 13.4 Å². The molecule has 2 aromatic carbocycles. The maximum absolute atomic E-state index is 13.1. The molecule has 0 N–H and O–H groups in total. The second-order valence-corrected chi connectivity index (χ2v) is 9.95. The van der Waals surface area contributed by atoms with Crippen molar-refractivity contribution in [3.8, 4) is 0 Å². The summed E-state index contributed by atoms with van der Waals surface area (Å²) in [6, 6.07) is 18.1. The van der Waals surface area contributed by atoms with E-state index in [1.807, 2.05) is 42.5 Å². The van der Waals surface area contributed by atoms with Crippen LogP contribution in [0.4, 0.5) is 5.13 Å². The molecule has 0 aliphatic carbocycles. The minimum atomic E-state index is -3.33. The molecule has 0 spiro atoms. The molecule has 0 aliphatic rings. The molecule has 156 valence electrons. The van der Waals surface area contributed by atoms with Crippen molar-refractivity contribution in [2.24, 2.45) is 0 Å². The zero-order valence-corrected chi connectivity index (χ0v) is 18.3. The van der Waals surface area contributed by atoms with Crippen molar-refractivity contribution >= 4 is 48.5 Å². The second-order valence-electron chi connectivity index (χ2n) is 6.93. The number of nitrogens with zero attached hydrogens (tertiary/aromatic N) is 3. The average Bonchev–Trinajstić information content (AvgIpc) is 3.20. The highest BCUT2D eigenvalue weighted by atomic mass is 32.2. The molecule has 1 amide bonds. The van der Waals surface area contributed by atoms with Gasteiger partial charge in [-0.05, 0) is 41.5 Å². The number of anilines is 1. The minimum absolute atomic E-state index is 0.226. The van der Waals surface area contributed by atoms with E-state index >= 15 is 0 Å². The molecule has 0 saturated heterocycles. The number of rotatable bonds is 6. The third kappa shape index (κ3) is 5.04. The number of carbonyl (C=O) groups excluding carboxylic acids is 1. The standard InChI is InChI=1S/C23H19N3O3S2/c1-31(28,29)19-10-11-20-21(14-19)30-23(25-20)26(16-18-8-5-13-24-15-18)22(27)12-9-17-6-3-2-4-7-17/h2-15H,16H2,1H3/b12-9+. The van der Waals surface area contributed by atoms with E-state index in [1.54, 1.807) is 35.5 Å². The molecule has 6 nitrogen and oxygen atoms in total. The van der Waals surface area contributed by atoms with Crippen LogP contribution in [0, 0.1) is 0 Å². The first kappa shape index (κ1) is 20.9. The normalized spacial score (nSPS) is 11.8. The zero-order chi connectivity index (χ0) is 21.8. The number of aromatic nitrogens is 2. The number of pyridine rings is 1. The largest absolute Gasteiger partial charge is 0.280 e. The lowest BCUT2D eigenvalue weighted by Gasteiger charge is -2.18. The predicted octanol–water partition coefficient (Wildman–Crippen LogP) is 4.34. The lowest BCUT2D eigenvalue weighted by atomic mass is 10.2. The topological polar surface area (TPSA) is 80.2 Å². The van der Waals surface area contributed by atoms with Crippen LogP contribution in [-0.4, -0.2) is 30.5 Å². The van der Waals surface area contributed by atoms with E-state index in [4.69, 9.17) is 0 Å². The van der Waals surface area contributed by atoms with Crippen LogP contribution in [0.25, 0.3) is 16.3 Å². The number of amides is 1. The van der Waals surface area contributed by atoms with Crippen molar-refractivity contribution < 1.29 is 13.2 Å². The van der Waals surface area contributed by atoms with Gasteiger partial charge >= 0.3 is 0 Å². The Morgan fingerprint density at radius 3 is 2.61 bits per heavy atom. The van der Waals surface area contributed by atoms with Gasteiger partial charge in [0.15, 0.2) is 15.0 Å². The quantitative estimate of drug-likeness (QED) is 0.409. The number of sulfone groups is 1. The van der Waals surface area contributed by atoms with Gasteiger partial charge in [-0.15, -0.1) is 0 Å². The minimum Gasteiger partial charge on any atom is -0.280 e. The predicted molar refractivity (Wildman–Crippen MR) is 124 cm³/mol. The van der Waals surface area contributed by atoms with E-state index in [2.05, 4.69) is 9.97 Å². The van der Waals surface area contributed by atoms with Gasteiger partial charge in [0.2, 0.25) is 0 Å². The Kier molecular flexibility index (Phi) is 5.92. The Hall–Kier alpha value is -3.36. The third-order valence-corrected chi connectivity index (χ3v) is 6.71. The van der Waals surface area contributed by atoms with Crippen LogP contribution in [0.2, 0.25) is 0 Å². The second kappa shape index (κ2) is 8.79. The lowest BCUT2D eigenvalue weighted by molar-refractivity contribution is -0.114. The number of hydrogen-bond acceptors (Lipinski definition) is 6. The summed E-state index contributed by atoms with van der Waals surface area (Å²) in [6.07, 6.45) is 7.82. The lowest BCUT2D eigenvalue weighted by Crippen LogP contribution is -2.28. The van der Waals surface area contributed by atoms with E-state index in [-0.39, 0.29) is 10.8 Å². The molecule has 0 fully saturated rings. The molecule has 2 aromatic heterocycles. The molecule has 0 radical (unpaired) electrons. The van der Waals surface area contributed by atoms with Crippen LogP contribution in [0.3, 0.4) is 0 Å². The monoisotopic (exact) mass is 449 g/mol. The van der Waals surface area contributed by atoms with Gasteiger partial charge in [-0.2, -0.15) is 0 Å². The molecule has 0 unspecified atom stereocenters. The van der Waals surface area contributed by atoms with Crippen LogP contribution in [0.5, 0.6) is 0 Å². The molecule has 0 aliphatic heterocycles. The molecule has 4 aromatic rings. The first-order chi connectivity index (χ1) is 14.9. The van der Waals surface area contributed by atoms with Crippen molar-refractivity contribution in [1.82, 2.24) is 9.97 Å². The molecule has 0 saturated carbocycles. The Labute approximate surface area is 184 Å². The molecular weight excluding hydrogens is 430 g/mol. The fourth-order valence-corrected chi connectivity index (χ4v) is 4.71. The van der Waals surface area contributed by atoms with E-state index in [0.29, 0.717) is 21.9 Å². The van der Waals surface area contributed by atoms with Crippen LogP contribution >= 0.6 is 11.3 Å². The maximum atomic E-state index is 13.1. The van der Waals surface area contributed by atoms with Crippen LogP contribution in [0.1, 0.15) is 11.1 Å². The smallest absolute Gasteiger partial charge is 0.253 e. The number of hydrogen-bond donors (Lipinski definition) is 0. The SMILES string of the molecule is CS(=O)(=O)c1ccc2nc(N(Cc3cccnc3)C(=O)/C=C/c3ccccc3)sc2c1. The van der Waals surface area contributed by atoms with Gasteiger partial charge < -0.3 is 0 Å². The third-order valence-electron chi connectivity index (χ3n) is 4.56. The molecule has 0 bridgehead atoms. The van der Waals surface area contributed by atoms with Crippen molar-refractivity contribution in [1.29, 1.82) is 0 Å². The summed E-state index contributed by atoms with van der Waals surface area (Å²) in [5, 5.41) is 0.493. The number of fused-ring (bicyclic) bond motifs is 1. The summed E-state index contributed by atoms with van der Waals surface area (Å²) >= 11 is 1.28. The van der Waals surface area contributed by atoms with E-state index in [0.717, 1.165) is 11.1 Å². The molecule has 8 heteroatoms. The van der Waals surface area contributed by atoms with Crippen molar-refractivity contribution in [2.75, 3.05) is 11.2 Å². The Balaban J connectivity index is 1.71. The van der Waals surface area contributed by atoms with Gasteiger partial charge in [0.25, 0.3) is 5.91 Å². The van der Waals surface area contributed by atoms with Crippen molar-refractivity contribution in [3.63, 3.8) is 0 Å². The highest BCUT2D eigenvalue weighted by Gasteiger charge is 2.19. The summed E-state index contributed by atoms with van der Waals surface area (Å²) in [5.74, 6) is -0.227. The summed E-state index contributed by atoms with van der Waals surface area (Å²) in [4.78, 5) is 23.6. The Morgan fingerprint density at radius 1 is 1.10 bits per heavy atom. The zero-order valence-electron chi connectivity index (χ0n) is 16.7. The van der Waals surface area contributed by atoms with E-state index in [1.165, 1.54) is 29.7 Å². The summed E-state index contributed by atoms with van der Waals surface area (Å²) in [7, 11) is -3.33. The van der Waals surface area contributed by atoms with Crippen LogP contribution in [0.15, 0.2) is 84.0 Å². The van der Waals surface area contributed by atoms with Gasteiger partial charge in [-0.1, -0.05) is 47.7 Å². The van der Waals surface area contributed by atoms with Gasteiger partial charge in [-0.3, -0.25) is 14.7 Å². The highest BCUT2D eigenvalue weighted by Crippen LogP contribution is 2.31. The van der Waals surface area contributed by atoms with Crippen molar-refractivity contribution in [3.05, 3.63) is 90.3 Å². The van der Waals surface area contributed by atoms with Gasteiger partial charge in [0.05, 0.1) is 21.7 Å². The number of benzene rings is 2. The Morgan fingerprint density at radius 2 is 1.90 bits per heavy atom. The molecule has 0 atom stereocenters. The molecule has 4 rings (SSSR count). The van der Waals surface area contributed by atoms with E-state index < -0.39 is 9.84 Å². The molecule has 2 heterocycles. The molecular formula is C23H19N3O3S2. The highest BCUT2D eigenvalue weighted by molar-refractivity contribution is 7.90. The number of carbonyl (C=O) groups is 1. The van der Waals surface area contributed by atoms with Crippen molar-refractivity contribution in [2.45, 2.75) is 11.4 Å². The number of thiazole rings is 1. The Bertz CT molecular complexity index is 1350. The molecule has 31 heavy (non-hydrogen) atoms. The average molecular weight is 450 g/mol. The first-order valence-electron chi connectivity index (χ1n) is 9.44. The summed E-state index contributed by atoms with van der Waals surface area (Å²) in [6.45, 7) is 0.296. The van der Waals surface area contributed by atoms with Gasteiger partial charge in [0, 0.05) is 24.7 Å². The first-order valence-corrected chi connectivity index (χ1v) is 12.2.